The van der Waals surface area contributed by atoms with E-state index in [1.807, 2.05) is 59.6 Å². The molecule has 1 saturated heterocycles. The molecule has 0 unspecified atom stereocenters. The summed E-state index contributed by atoms with van der Waals surface area (Å²) in [7, 11) is 0. The lowest BCUT2D eigenvalue weighted by Crippen LogP contribution is -2.37. The highest BCUT2D eigenvalue weighted by Gasteiger charge is 2.23. The lowest BCUT2D eigenvalue weighted by Gasteiger charge is -2.33. The fourth-order valence-corrected chi connectivity index (χ4v) is 4.35. The molecule has 7 heteroatoms. The predicted octanol–water partition coefficient (Wildman–Crippen LogP) is 2.97. The van der Waals surface area contributed by atoms with E-state index in [1.165, 1.54) is 0 Å². The van der Waals surface area contributed by atoms with Crippen molar-refractivity contribution in [2.45, 2.75) is 33.2 Å². The number of aromatic nitrogens is 5. The van der Waals surface area contributed by atoms with Crippen molar-refractivity contribution in [1.82, 2.24) is 24.1 Å². The molecule has 7 nitrogen and oxygen atoms in total. The molecule has 0 aliphatic carbocycles. The highest BCUT2D eigenvalue weighted by Crippen LogP contribution is 2.26. The van der Waals surface area contributed by atoms with Crippen LogP contribution in [0, 0.1) is 19.8 Å². The number of benzene rings is 1. The Morgan fingerprint density at radius 2 is 1.93 bits per heavy atom. The molecular weight excluding hydrogens is 364 g/mol. The number of piperidine rings is 1. The van der Waals surface area contributed by atoms with Gasteiger partial charge in [0, 0.05) is 32.0 Å². The summed E-state index contributed by atoms with van der Waals surface area (Å²) in [4.78, 5) is 24.5. The summed E-state index contributed by atoms with van der Waals surface area (Å²) < 4.78 is 3.75. The van der Waals surface area contributed by atoms with Crippen LogP contribution in [-0.4, -0.2) is 37.2 Å². The Bertz CT molecular complexity index is 1250. The van der Waals surface area contributed by atoms with Crippen molar-refractivity contribution in [3.8, 4) is 0 Å². The van der Waals surface area contributed by atoms with E-state index in [9.17, 15) is 4.79 Å². The summed E-state index contributed by atoms with van der Waals surface area (Å²) in [5, 5.41) is 5.19. The maximum Gasteiger partial charge on any atom is 0.261 e. The molecule has 3 aromatic heterocycles. The quantitative estimate of drug-likeness (QED) is 0.540. The molecule has 0 N–H and O–H groups in total. The number of rotatable bonds is 3. The third kappa shape index (κ3) is 3.16. The summed E-state index contributed by atoms with van der Waals surface area (Å²) >= 11 is 0. The number of aryl methyl sites for hydroxylation is 2. The molecule has 1 aromatic carbocycles. The lowest BCUT2D eigenvalue weighted by molar-refractivity contribution is 0.348. The second-order valence-electron chi connectivity index (χ2n) is 7.89. The highest BCUT2D eigenvalue weighted by atomic mass is 16.1. The second-order valence-corrected chi connectivity index (χ2v) is 7.89. The Hall–Kier alpha value is -3.22. The third-order valence-electron chi connectivity index (χ3n) is 5.90. The normalized spacial score (nSPS) is 15.4. The Kier molecular flexibility index (Phi) is 4.30. The van der Waals surface area contributed by atoms with E-state index in [0.29, 0.717) is 11.3 Å². The second kappa shape index (κ2) is 6.99. The smallest absolute Gasteiger partial charge is 0.261 e. The molecule has 0 saturated carbocycles. The first-order valence-corrected chi connectivity index (χ1v) is 10.1. The molecule has 0 bridgehead atoms. The van der Waals surface area contributed by atoms with Crippen LogP contribution in [0.2, 0.25) is 0 Å². The van der Waals surface area contributed by atoms with Gasteiger partial charge in [0.1, 0.15) is 11.3 Å². The Morgan fingerprint density at radius 3 is 2.76 bits per heavy atom. The van der Waals surface area contributed by atoms with E-state index in [2.05, 4.69) is 26.0 Å². The molecule has 1 fully saturated rings. The minimum Gasteiger partial charge on any atom is -0.355 e. The van der Waals surface area contributed by atoms with Gasteiger partial charge in [-0.05, 0) is 50.8 Å². The Morgan fingerprint density at radius 1 is 1.14 bits per heavy atom. The van der Waals surface area contributed by atoms with E-state index in [1.54, 1.807) is 0 Å². The molecule has 4 heterocycles. The fraction of sp³-hybridized carbons (Fsp3) is 0.364. The van der Waals surface area contributed by atoms with E-state index in [-0.39, 0.29) is 5.56 Å². The molecule has 29 heavy (non-hydrogen) atoms. The maximum atomic E-state index is 13.0. The van der Waals surface area contributed by atoms with Crippen LogP contribution in [0.3, 0.4) is 0 Å². The van der Waals surface area contributed by atoms with Crippen molar-refractivity contribution in [3.63, 3.8) is 0 Å². The summed E-state index contributed by atoms with van der Waals surface area (Å²) in [6.07, 6.45) is 5.74. The summed E-state index contributed by atoms with van der Waals surface area (Å²) in [5.74, 6) is 2.24. The summed E-state index contributed by atoms with van der Waals surface area (Å²) in [6.45, 7) is 6.50. The molecule has 0 amide bonds. The van der Waals surface area contributed by atoms with Gasteiger partial charge in [0.05, 0.1) is 16.6 Å². The predicted molar refractivity (Wildman–Crippen MR) is 113 cm³/mol. The van der Waals surface area contributed by atoms with E-state index in [4.69, 9.17) is 0 Å². The van der Waals surface area contributed by atoms with Crippen LogP contribution in [0.5, 0.6) is 0 Å². The van der Waals surface area contributed by atoms with Crippen molar-refractivity contribution in [2.24, 2.45) is 5.92 Å². The van der Waals surface area contributed by atoms with Gasteiger partial charge in [0.25, 0.3) is 5.56 Å². The van der Waals surface area contributed by atoms with Crippen molar-refractivity contribution in [1.29, 1.82) is 0 Å². The number of nitrogens with zero attached hydrogens (tertiary/aromatic N) is 6. The zero-order chi connectivity index (χ0) is 20.0. The van der Waals surface area contributed by atoms with Gasteiger partial charge in [-0.15, -0.1) is 0 Å². The van der Waals surface area contributed by atoms with Crippen molar-refractivity contribution in [3.05, 3.63) is 64.6 Å². The molecule has 148 valence electrons. The Labute approximate surface area is 168 Å². The highest BCUT2D eigenvalue weighted by molar-refractivity contribution is 5.77. The molecular formula is C22H24N6O. The lowest BCUT2D eigenvalue weighted by atomic mass is 9.96. The first-order valence-electron chi connectivity index (χ1n) is 10.1. The average Bonchev–Trinajstić information content (AvgIpc) is 3.12. The van der Waals surface area contributed by atoms with Crippen LogP contribution in [0.15, 0.2) is 47.5 Å². The van der Waals surface area contributed by atoms with E-state index >= 15 is 0 Å². The zero-order valence-corrected chi connectivity index (χ0v) is 16.7. The van der Waals surface area contributed by atoms with Crippen LogP contribution in [0.25, 0.3) is 16.4 Å². The first kappa shape index (κ1) is 17.8. The first-order chi connectivity index (χ1) is 14.1. The zero-order valence-electron chi connectivity index (χ0n) is 16.7. The number of hydrogen-bond acceptors (Lipinski definition) is 5. The van der Waals surface area contributed by atoms with Crippen LogP contribution in [0.4, 0.5) is 5.82 Å². The minimum absolute atomic E-state index is 0.0664. The number of hydrogen-bond donors (Lipinski definition) is 0. The van der Waals surface area contributed by atoms with Gasteiger partial charge in [-0.25, -0.2) is 14.5 Å². The molecule has 0 atom stereocenters. The summed E-state index contributed by atoms with van der Waals surface area (Å²) in [5.41, 5.74) is 2.88. The van der Waals surface area contributed by atoms with Gasteiger partial charge in [-0.2, -0.15) is 5.10 Å². The van der Waals surface area contributed by atoms with Crippen molar-refractivity contribution in [2.75, 3.05) is 18.0 Å². The van der Waals surface area contributed by atoms with Crippen LogP contribution in [0.1, 0.15) is 24.4 Å². The molecule has 0 spiro atoms. The molecule has 1 aliphatic heterocycles. The van der Waals surface area contributed by atoms with Crippen LogP contribution < -0.4 is 10.5 Å². The van der Waals surface area contributed by atoms with Gasteiger partial charge in [0.2, 0.25) is 0 Å². The molecule has 5 rings (SSSR count). The number of para-hydroxylation sites is 1. The van der Waals surface area contributed by atoms with E-state index < -0.39 is 0 Å². The van der Waals surface area contributed by atoms with Gasteiger partial charge in [-0.3, -0.25) is 9.36 Å². The standard InChI is InChI=1S/C22H24N6O/c1-15-13-20-21(23-9-12-28(20)25-15)26-10-7-17(8-11-26)14-27-16(2)24-19-6-4-3-5-18(19)22(27)29/h3-6,9,12-13,17H,7-8,10-11,14H2,1-2H3. The van der Waals surface area contributed by atoms with Crippen LogP contribution in [-0.2, 0) is 6.54 Å². The van der Waals surface area contributed by atoms with Crippen LogP contribution >= 0.6 is 0 Å². The molecule has 1 aliphatic rings. The van der Waals surface area contributed by atoms with Gasteiger partial charge < -0.3 is 4.90 Å². The SMILES string of the molecule is Cc1cc2c(N3CCC(Cn4c(C)nc5ccccc5c4=O)CC3)nccn2n1. The molecule has 0 radical (unpaired) electrons. The maximum absolute atomic E-state index is 13.0. The number of fused-ring (bicyclic) bond motifs is 2. The van der Waals surface area contributed by atoms with Crippen molar-refractivity contribution >= 4 is 22.2 Å². The van der Waals surface area contributed by atoms with Crippen molar-refractivity contribution < 1.29 is 0 Å². The fourth-order valence-electron chi connectivity index (χ4n) is 4.35. The van der Waals surface area contributed by atoms with E-state index in [0.717, 1.165) is 60.8 Å². The largest absolute Gasteiger partial charge is 0.355 e. The average molecular weight is 388 g/mol. The Balaban J connectivity index is 1.35. The van der Waals surface area contributed by atoms with Gasteiger partial charge in [-0.1, -0.05) is 12.1 Å². The third-order valence-corrected chi connectivity index (χ3v) is 5.90. The van der Waals surface area contributed by atoms with Gasteiger partial charge >= 0.3 is 0 Å². The summed E-state index contributed by atoms with van der Waals surface area (Å²) in [6, 6.07) is 9.67. The molecule has 4 aromatic rings. The minimum atomic E-state index is 0.0664. The van der Waals surface area contributed by atoms with Gasteiger partial charge in [0.15, 0.2) is 5.82 Å². The topological polar surface area (TPSA) is 68.3 Å². The number of anilines is 1. The monoisotopic (exact) mass is 388 g/mol.